The number of halogens is 2. The Morgan fingerprint density at radius 1 is 1.00 bits per heavy atom. The van der Waals surface area contributed by atoms with Crippen molar-refractivity contribution < 1.29 is 14.3 Å². The van der Waals surface area contributed by atoms with Crippen molar-refractivity contribution in [1.82, 2.24) is 0 Å². The highest BCUT2D eigenvalue weighted by Crippen LogP contribution is 2.31. The van der Waals surface area contributed by atoms with Gasteiger partial charge in [-0.25, -0.2) is 9.79 Å². The van der Waals surface area contributed by atoms with E-state index in [9.17, 15) is 4.79 Å². The summed E-state index contributed by atoms with van der Waals surface area (Å²) in [5.41, 5.74) is 4.27. The maximum absolute atomic E-state index is 12.3. The first-order valence-electron chi connectivity index (χ1n) is 9.25. The van der Waals surface area contributed by atoms with Crippen LogP contribution in [0.15, 0.2) is 77.4 Å². The van der Waals surface area contributed by atoms with Crippen LogP contribution in [0.2, 0.25) is 0 Å². The maximum Gasteiger partial charge on any atom is 0.363 e. The van der Waals surface area contributed by atoms with Crippen LogP contribution in [-0.4, -0.2) is 11.9 Å². The Labute approximate surface area is 202 Å². The summed E-state index contributed by atoms with van der Waals surface area (Å²) in [4.78, 5) is 16.6. The van der Waals surface area contributed by atoms with Crippen LogP contribution in [0, 0.1) is 14.1 Å². The fourth-order valence-corrected chi connectivity index (χ4v) is 5.16. The topological polar surface area (TPSA) is 47.9 Å². The van der Waals surface area contributed by atoms with E-state index < -0.39 is 5.97 Å². The van der Waals surface area contributed by atoms with Gasteiger partial charge in [-0.05, 0) is 93.6 Å². The molecule has 4 nitrogen and oxygen atoms in total. The lowest BCUT2D eigenvalue weighted by molar-refractivity contribution is -0.129. The number of benzene rings is 3. The summed E-state index contributed by atoms with van der Waals surface area (Å²) < 4.78 is 13.3. The van der Waals surface area contributed by atoms with Gasteiger partial charge < -0.3 is 9.47 Å². The van der Waals surface area contributed by atoms with Crippen molar-refractivity contribution in [2.75, 3.05) is 0 Å². The van der Waals surface area contributed by atoms with Crippen LogP contribution < -0.4 is 4.74 Å². The van der Waals surface area contributed by atoms with Crippen LogP contribution in [-0.2, 0) is 16.1 Å². The Morgan fingerprint density at radius 3 is 2.43 bits per heavy atom. The molecular weight excluding hydrogens is 604 g/mol. The van der Waals surface area contributed by atoms with Crippen LogP contribution in [0.4, 0.5) is 0 Å². The molecule has 0 aliphatic carbocycles. The number of carbonyl (C=O) groups excluding carboxylic acids is 1. The Bertz CT molecular complexity index is 1150. The van der Waals surface area contributed by atoms with Gasteiger partial charge >= 0.3 is 5.97 Å². The normalized spacial score (nSPS) is 14.6. The van der Waals surface area contributed by atoms with Gasteiger partial charge in [0, 0.05) is 5.56 Å². The molecule has 0 radical (unpaired) electrons. The monoisotopic (exact) mass is 621 g/mol. The largest absolute Gasteiger partial charge is 0.487 e. The second-order valence-corrected chi connectivity index (χ2v) is 9.12. The van der Waals surface area contributed by atoms with E-state index in [4.69, 9.17) is 9.47 Å². The summed E-state index contributed by atoms with van der Waals surface area (Å²) in [5.74, 6) is 0.718. The molecule has 6 heteroatoms. The summed E-state index contributed by atoms with van der Waals surface area (Å²) in [6.45, 7) is 2.57. The van der Waals surface area contributed by atoms with Gasteiger partial charge in [0.1, 0.15) is 12.4 Å². The molecule has 0 saturated carbocycles. The minimum atomic E-state index is -0.446. The first kappa shape index (κ1) is 21.0. The van der Waals surface area contributed by atoms with E-state index >= 15 is 0 Å². The van der Waals surface area contributed by atoms with Gasteiger partial charge in [-0.3, -0.25) is 0 Å². The van der Waals surface area contributed by atoms with Crippen molar-refractivity contribution in [3.63, 3.8) is 0 Å². The molecule has 0 amide bonds. The number of aliphatic imine (C=N–C) groups is 1. The van der Waals surface area contributed by atoms with Gasteiger partial charge in [-0.2, -0.15) is 0 Å². The Hall–Kier alpha value is -2.20. The fraction of sp³-hybridized carbons (Fsp3) is 0.0833. The van der Waals surface area contributed by atoms with Gasteiger partial charge in [0.05, 0.1) is 7.14 Å². The number of hydrogen-bond acceptors (Lipinski definition) is 4. The van der Waals surface area contributed by atoms with Crippen molar-refractivity contribution in [1.29, 1.82) is 0 Å². The third kappa shape index (κ3) is 4.92. The lowest BCUT2D eigenvalue weighted by Crippen LogP contribution is -2.05. The van der Waals surface area contributed by atoms with Crippen molar-refractivity contribution >= 4 is 63.1 Å². The summed E-state index contributed by atoms with van der Waals surface area (Å²) in [6.07, 6.45) is 1.74. The first-order valence-corrected chi connectivity index (χ1v) is 11.4. The Kier molecular flexibility index (Phi) is 6.52. The number of rotatable bonds is 5. The minimum Gasteiger partial charge on any atom is -0.487 e. The number of cyclic esters (lactones) is 1. The molecule has 0 unspecified atom stereocenters. The average molecular weight is 621 g/mol. The minimum absolute atomic E-state index is 0.286. The van der Waals surface area contributed by atoms with Crippen LogP contribution in [0.25, 0.3) is 6.08 Å². The molecule has 1 aliphatic heterocycles. The Morgan fingerprint density at radius 2 is 1.73 bits per heavy atom. The predicted molar refractivity (Wildman–Crippen MR) is 134 cm³/mol. The number of aryl methyl sites for hydroxylation is 1. The molecule has 0 bridgehead atoms. The molecule has 4 rings (SSSR count). The zero-order valence-corrected chi connectivity index (χ0v) is 20.4. The van der Waals surface area contributed by atoms with E-state index in [0.717, 1.165) is 29.6 Å². The van der Waals surface area contributed by atoms with E-state index in [0.29, 0.717) is 12.5 Å². The zero-order chi connectivity index (χ0) is 21.1. The number of nitrogens with zero attached hydrogens (tertiary/aromatic N) is 1. The summed E-state index contributed by atoms with van der Waals surface area (Å²) in [7, 11) is 0. The Balaban J connectivity index is 1.55. The van der Waals surface area contributed by atoms with Crippen molar-refractivity contribution in [3.8, 4) is 5.75 Å². The highest BCUT2D eigenvalue weighted by molar-refractivity contribution is 14.1. The molecule has 1 aliphatic rings. The first-order chi connectivity index (χ1) is 14.5. The molecule has 0 aromatic heterocycles. The summed E-state index contributed by atoms with van der Waals surface area (Å²) >= 11 is 4.51. The van der Waals surface area contributed by atoms with Crippen molar-refractivity contribution in [2.45, 2.75) is 13.5 Å². The van der Waals surface area contributed by atoms with Crippen LogP contribution in [0.3, 0.4) is 0 Å². The lowest BCUT2D eigenvalue weighted by Gasteiger charge is -2.12. The molecule has 0 fully saturated rings. The summed E-state index contributed by atoms with van der Waals surface area (Å²) in [5, 5.41) is 0. The van der Waals surface area contributed by atoms with E-state index in [1.54, 1.807) is 6.08 Å². The van der Waals surface area contributed by atoms with Gasteiger partial charge in [0.2, 0.25) is 5.90 Å². The quantitative estimate of drug-likeness (QED) is 0.196. The molecule has 30 heavy (non-hydrogen) atoms. The van der Waals surface area contributed by atoms with Crippen molar-refractivity contribution in [3.05, 3.63) is 102 Å². The number of esters is 1. The zero-order valence-electron chi connectivity index (χ0n) is 16.1. The SMILES string of the molecule is Cc1cccc(COc2c(I)cc(/C=C3\N=C(c4ccccc4)OC3=O)cc2I)c1. The standard InChI is InChI=1S/C24H17I2NO3/c1-15-6-5-7-16(10-15)14-29-22-19(25)11-17(12-20(22)26)13-21-24(28)30-23(27-21)18-8-3-2-4-9-18/h2-13H,14H2,1H3/b21-13-. The smallest absolute Gasteiger partial charge is 0.363 e. The number of hydrogen-bond donors (Lipinski definition) is 0. The highest BCUT2D eigenvalue weighted by Gasteiger charge is 2.24. The third-order valence-corrected chi connectivity index (χ3v) is 6.03. The predicted octanol–water partition coefficient (Wildman–Crippen LogP) is 6.13. The molecular formula is C24H17I2NO3. The molecule has 0 spiro atoms. The average Bonchev–Trinajstić information content (AvgIpc) is 3.08. The maximum atomic E-state index is 12.3. The molecule has 3 aromatic rings. The van der Waals surface area contributed by atoms with E-state index in [1.807, 2.05) is 48.5 Å². The van der Waals surface area contributed by atoms with Crippen LogP contribution >= 0.6 is 45.2 Å². The van der Waals surface area contributed by atoms with E-state index in [1.165, 1.54) is 5.56 Å². The molecule has 150 valence electrons. The van der Waals surface area contributed by atoms with Crippen LogP contribution in [0.5, 0.6) is 5.75 Å². The third-order valence-electron chi connectivity index (χ3n) is 4.43. The lowest BCUT2D eigenvalue weighted by atomic mass is 10.1. The molecule has 0 atom stereocenters. The molecule has 0 saturated heterocycles. The van der Waals surface area contributed by atoms with Crippen molar-refractivity contribution in [2.24, 2.45) is 4.99 Å². The molecule has 3 aromatic carbocycles. The highest BCUT2D eigenvalue weighted by atomic mass is 127. The fourth-order valence-electron chi connectivity index (χ4n) is 3.03. The molecule has 1 heterocycles. The summed E-state index contributed by atoms with van der Waals surface area (Å²) in [6, 6.07) is 21.6. The van der Waals surface area contributed by atoms with E-state index in [2.05, 4.69) is 75.3 Å². The molecule has 0 N–H and O–H groups in total. The number of carbonyl (C=O) groups is 1. The van der Waals surface area contributed by atoms with Gasteiger partial charge in [0.25, 0.3) is 0 Å². The van der Waals surface area contributed by atoms with Crippen LogP contribution in [0.1, 0.15) is 22.3 Å². The second kappa shape index (κ2) is 9.30. The van der Waals surface area contributed by atoms with E-state index in [-0.39, 0.29) is 5.70 Å². The second-order valence-electron chi connectivity index (χ2n) is 6.79. The van der Waals surface area contributed by atoms with Gasteiger partial charge in [-0.15, -0.1) is 0 Å². The van der Waals surface area contributed by atoms with Gasteiger partial charge in [0.15, 0.2) is 5.70 Å². The van der Waals surface area contributed by atoms with Gasteiger partial charge in [-0.1, -0.05) is 48.0 Å². The number of ether oxygens (including phenoxy) is 2.